The van der Waals surface area contributed by atoms with Crippen molar-refractivity contribution in [2.24, 2.45) is 58.2 Å². The zero-order valence-electron chi connectivity index (χ0n) is 35.1. The fourth-order valence-electron chi connectivity index (χ4n) is 11.9. The molecule has 310 valence electrons. The van der Waals surface area contributed by atoms with Gasteiger partial charge in [0, 0.05) is 0 Å². The molecule has 9 heteroatoms. The molecule has 55 heavy (non-hydrogen) atoms. The van der Waals surface area contributed by atoms with Crippen LogP contribution in [0, 0.1) is 58.2 Å². The van der Waals surface area contributed by atoms with E-state index in [0.29, 0.717) is 23.7 Å². The van der Waals surface area contributed by atoms with Gasteiger partial charge in [0.1, 0.15) is 0 Å². The minimum atomic E-state index is -1.01. The molecule has 4 N–H and O–H groups in total. The summed E-state index contributed by atoms with van der Waals surface area (Å²) in [6, 6.07) is 0. The zero-order chi connectivity index (χ0) is 40.5. The summed E-state index contributed by atoms with van der Waals surface area (Å²) in [6.45, 7) is 14.1. The van der Waals surface area contributed by atoms with Crippen molar-refractivity contribution in [1.82, 2.24) is 0 Å². The van der Waals surface area contributed by atoms with Crippen LogP contribution in [-0.4, -0.2) is 65.4 Å². The van der Waals surface area contributed by atoms with E-state index in [1.54, 1.807) is 8.87 Å². The van der Waals surface area contributed by atoms with Crippen molar-refractivity contribution in [3.63, 3.8) is 0 Å². The number of carbonyl (C=O) groups is 4. The molecule has 0 aliphatic heterocycles. The van der Waals surface area contributed by atoms with E-state index in [1.165, 1.54) is 25.7 Å². The van der Waals surface area contributed by atoms with Crippen LogP contribution in [-0.2, 0) is 19.2 Å². The Hall–Kier alpha value is -1.84. The Labute approximate surface area is 342 Å². The first-order valence-corrected chi connectivity index (χ1v) is 26.2. The van der Waals surface area contributed by atoms with Crippen LogP contribution in [0.2, 0.25) is 8.87 Å². The number of rotatable bonds is 10. The molecule has 0 aromatic heterocycles. The monoisotopic (exact) mass is 874 g/mol. The van der Waals surface area contributed by atoms with Crippen molar-refractivity contribution < 1.29 is 39.6 Å². The van der Waals surface area contributed by atoms with Crippen LogP contribution in [0.1, 0.15) is 170 Å². The number of aliphatic carboxylic acids is 4. The molecule has 12 aliphatic rings. The van der Waals surface area contributed by atoms with Gasteiger partial charge in [-0.25, -0.2) is 19.2 Å². The van der Waals surface area contributed by atoms with E-state index < -0.39 is 23.9 Å². The maximum absolute atomic E-state index is 11.9. The van der Waals surface area contributed by atoms with Crippen LogP contribution in [0.5, 0.6) is 0 Å². The van der Waals surface area contributed by atoms with Crippen LogP contribution in [0.3, 0.4) is 0 Å². The Morgan fingerprint density at radius 2 is 0.636 bits per heavy atom. The number of unbranched alkanes of at least 4 members (excludes halogenated alkanes) is 2. The van der Waals surface area contributed by atoms with E-state index in [-0.39, 0.29) is 77.9 Å². The first-order valence-electron chi connectivity index (χ1n) is 22.2. The molecule has 4 fully saturated rings. The van der Waals surface area contributed by atoms with Gasteiger partial charge in [0.25, 0.3) is 0 Å². The Morgan fingerprint density at radius 1 is 0.436 bits per heavy atom. The average Bonchev–Trinajstić information content (AvgIpc) is 3.23. The molecule has 12 rings (SSSR count). The molecular weight excluding hydrogens is 799 g/mol. The molecule has 0 unspecified atom stereocenters. The standard InChI is InChI=1S/2C19H28O4.2C4H9.Sn/c2*1-19(2)13-7-3-11(4-8-13)15(17(20)21)16(18(22)23)12-5-9-14(19)10-6-12;2*1-3-4-2;/h2*11-14H,3-10H2,1-2H3,(H,20,21)(H,22,23);2*1,3-4H2,2H3;/b2*16-15-;;;. The van der Waals surface area contributed by atoms with Gasteiger partial charge in [-0.05, 0) is 161 Å². The number of carboxylic acid groups (broad SMARTS) is 4. The predicted octanol–water partition coefficient (Wildman–Crippen LogP) is 11.3. The second kappa shape index (κ2) is 20.7. The van der Waals surface area contributed by atoms with Crippen LogP contribution < -0.4 is 0 Å². The molecule has 0 aromatic rings. The van der Waals surface area contributed by atoms with E-state index in [1.807, 2.05) is 0 Å². The SMILES string of the molecule is CC1(C)C2CCC(CC2)/C(C(=O)O)=C(/C(=O)O)C2CCC1CC2.CC1(C)C2CCC(CC2)/C(C(=O)O)=C(/C(=O)O)C2CCC1CC2.CCC[CH2][Sn][CH2]CCC. The van der Waals surface area contributed by atoms with Crippen LogP contribution in [0.4, 0.5) is 0 Å². The Balaban J connectivity index is 0.000000201. The molecule has 12 aliphatic carbocycles. The maximum atomic E-state index is 11.9. The first kappa shape index (κ1) is 45.9. The molecule has 4 saturated carbocycles. The van der Waals surface area contributed by atoms with Gasteiger partial charge in [0.15, 0.2) is 0 Å². The van der Waals surface area contributed by atoms with Crippen molar-refractivity contribution in [3.8, 4) is 0 Å². The molecule has 0 aromatic carbocycles. The van der Waals surface area contributed by atoms with Crippen LogP contribution >= 0.6 is 0 Å². The summed E-state index contributed by atoms with van der Waals surface area (Å²) in [5, 5.41) is 38.9. The molecule has 8 bridgehead atoms. The van der Waals surface area contributed by atoms with Crippen molar-refractivity contribution in [2.75, 3.05) is 0 Å². The Morgan fingerprint density at radius 3 is 0.800 bits per heavy atom. The molecule has 0 saturated heterocycles. The third-order valence-electron chi connectivity index (χ3n) is 15.7. The third kappa shape index (κ3) is 11.2. The van der Waals surface area contributed by atoms with Gasteiger partial charge >= 0.3 is 93.4 Å². The second-order valence-electron chi connectivity index (χ2n) is 19.2. The summed E-state index contributed by atoms with van der Waals surface area (Å²) >= 11 is 0.149. The fourth-order valence-corrected chi connectivity index (χ4v) is 16.1. The van der Waals surface area contributed by atoms with Gasteiger partial charge in [-0.1, -0.05) is 27.7 Å². The van der Waals surface area contributed by atoms with E-state index in [0.717, 1.165) is 103 Å². The number of hydrogen-bond donors (Lipinski definition) is 4. The van der Waals surface area contributed by atoms with Gasteiger partial charge in [0.2, 0.25) is 0 Å². The van der Waals surface area contributed by atoms with E-state index in [9.17, 15) is 39.6 Å². The van der Waals surface area contributed by atoms with Gasteiger partial charge in [-0.3, -0.25) is 0 Å². The van der Waals surface area contributed by atoms with Crippen molar-refractivity contribution in [3.05, 3.63) is 22.3 Å². The average molecular weight is 874 g/mol. The summed E-state index contributed by atoms with van der Waals surface area (Å²) < 4.78 is 3.25. The van der Waals surface area contributed by atoms with E-state index in [4.69, 9.17) is 0 Å². The third-order valence-corrected chi connectivity index (χ3v) is 19.7. The number of hydrogen-bond acceptors (Lipinski definition) is 4. The summed E-state index contributed by atoms with van der Waals surface area (Å²) in [5.74, 6) is -1.79. The van der Waals surface area contributed by atoms with Crippen molar-refractivity contribution in [1.29, 1.82) is 0 Å². The molecular formula is C46H74O8Sn. The van der Waals surface area contributed by atoms with E-state index >= 15 is 0 Å². The summed E-state index contributed by atoms with van der Waals surface area (Å²) in [4.78, 5) is 47.5. The summed E-state index contributed by atoms with van der Waals surface area (Å²) in [5.41, 5.74) is 1.46. The topological polar surface area (TPSA) is 149 Å². The molecule has 0 spiro atoms. The second-order valence-corrected chi connectivity index (χ2v) is 23.5. The quantitative estimate of drug-likeness (QED) is 0.125. The predicted molar refractivity (Wildman–Crippen MR) is 219 cm³/mol. The van der Waals surface area contributed by atoms with Gasteiger partial charge in [0.05, 0.1) is 22.3 Å². The van der Waals surface area contributed by atoms with Crippen molar-refractivity contribution >= 4 is 45.0 Å². The fraction of sp³-hybridized carbons (Fsp3) is 0.826. The Bertz CT molecular complexity index is 1180. The molecule has 0 atom stereocenters. The zero-order valence-corrected chi connectivity index (χ0v) is 38.0. The molecule has 0 amide bonds. The van der Waals surface area contributed by atoms with Crippen LogP contribution in [0.15, 0.2) is 22.3 Å². The molecule has 0 heterocycles. The summed E-state index contributed by atoms with van der Waals surface area (Å²) in [6.07, 6.45) is 20.7. The first-order chi connectivity index (χ1) is 26.1. The molecule has 2 radical (unpaired) electrons. The number of carboxylic acids is 4. The normalized spacial score (nSPS) is 34.9. The van der Waals surface area contributed by atoms with Gasteiger partial charge < -0.3 is 20.4 Å². The van der Waals surface area contributed by atoms with Gasteiger partial charge in [-0.2, -0.15) is 0 Å². The molecule has 8 nitrogen and oxygen atoms in total. The Kier molecular flexibility index (Phi) is 17.3. The van der Waals surface area contributed by atoms with Crippen molar-refractivity contribution in [2.45, 2.75) is 179 Å². The van der Waals surface area contributed by atoms with E-state index in [2.05, 4.69) is 41.5 Å². The van der Waals surface area contributed by atoms with Gasteiger partial charge in [-0.15, -0.1) is 0 Å². The minimum absolute atomic E-state index is 0.0807. The summed E-state index contributed by atoms with van der Waals surface area (Å²) in [7, 11) is 0. The van der Waals surface area contributed by atoms with Crippen LogP contribution in [0.25, 0.3) is 0 Å².